The van der Waals surface area contributed by atoms with Gasteiger partial charge < -0.3 is 9.64 Å². The van der Waals surface area contributed by atoms with E-state index in [-0.39, 0.29) is 5.69 Å². The average Bonchev–Trinajstić information content (AvgIpc) is 3.18. The highest BCUT2D eigenvalue weighted by molar-refractivity contribution is 5.92. The molecule has 0 saturated carbocycles. The molecule has 144 valence electrons. The second kappa shape index (κ2) is 8.24. The molecule has 28 heavy (non-hydrogen) atoms. The molecule has 7 heteroatoms. The summed E-state index contributed by atoms with van der Waals surface area (Å²) in [5, 5.41) is 13.4. The minimum Gasteiger partial charge on any atom is -0.378 e. The van der Waals surface area contributed by atoms with Gasteiger partial charge in [0.05, 0.1) is 25.5 Å². The molecule has 4 rings (SSSR count). The number of morpholine rings is 1. The van der Waals surface area contributed by atoms with Crippen LogP contribution in [0, 0.1) is 0 Å². The summed E-state index contributed by atoms with van der Waals surface area (Å²) in [4.78, 5) is 14.2. The molecule has 1 saturated heterocycles. The number of aromatic nitrogens is 2. The highest BCUT2D eigenvalue weighted by atomic mass is 16.5. The summed E-state index contributed by atoms with van der Waals surface area (Å²) in [5.41, 5.74) is 5.80. The number of hydrogen-bond acceptors (Lipinski definition) is 5. The molecular formula is C21H22N4O3. The van der Waals surface area contributed by atoms with Crippen molar-refractivity contribution >= 4 is 11.6 Å². The minimum atomic E-state index is -0.627. The summed E-state index contributed by atoms with van der Waals surface area (Å²) in [7, 11) is 0. The van der Waals surface area contributed by atoms with Gasteiger partial charge in [0, 0.05) is 24.3 Å². The predicted molar refractivity (Wildman–Crippen MR) is 105 cm³/mol. The lowest BCUT2D eigenvalue weighted by Crippen LogP contribution is -2.36. The first kappa shape index (κ1) is 18.2. The molecule has 7 nitrogen and oxygen atoms in total. The number of carbonyl (C=O) groups excluding carboxylic acids is 1. The van der Waals surface area contributed by atoms with E-state index in [2.05, 4.69) is 22.1 Å². The Labute approximate surface area is 163 Å². The van der Waals surface area contributed by atoms with Crippen molar-refractivity contribution < 1.29 is 14.7 Å². The molecule has 0 spiro atoms. The summed E-state index contributed by atoms with van der Waals surface area (Å²) >= 11 is 0. The number of nitrogens with zero attached hydrogens (tertiary/aromatic N) is 3. The lowest BCUT2D eigenvalue weighted by molar-refractivity contribution is 0.0700. The van der Waals surface area contributed by atoms with E-state index in [0.717, 1.165) is 48.8 Å². The molecule has 2 aromatic carbocycles. The van der Waals surface area contributed by atoms with E-state index in [1.165, 1.54) is 0 Å². The third kappa shape index (κ3) is 3.90. The van der Waals surface area contributed by atoms with E-state index >= 15 is 0 Å². The molecule has 3 aromatic rings. The lowest BCUT2D eigenvalue weighted by Gasteiger charge is -2.29. The Morgan fingerprint density at radius 1 is 1.07 bits per heavy atom. The Kier molecular flexibility index (Phi) is 5.36. The van der Waals surface area contributed by atoms with Crippen molar-refractivity contribution in [1.29, 1.82) is 0 Å². The standard InChI is InChI=1S/C21H22N4O3/c26-21(23-27)19-14-20(25(22-19)15-16-5-2-1-3-6-16)17-7-4-8-18(13-17)24-9-11-28-12-10-24/h1-8,13-14,27H,9-12,15H2,(H,23,26). The zero-order chi connectivity index (χ0) is 19.3. The van der Waals surface area contributed by atoms with E-state index in [0.29, 0.717) is 6.54 Å². The van der Waals surface area contributed by atoms with Crippen LogP contribution < -0.4 is 10.4 Å². The van der Waals surface area contributed by atoms with E-state index in [1.54, 1.807) is 16.2 Å². The zero-order valence-corrected chi connectivity index (χ0v) is 15.4. The zero-order valence-electron chi connectivity index (χ0n) is 15.4. The first-order chi connectivity index (χ1) is 13.7. The summed E-state index contributed by atoms with van der Waals surface area (Å²) in [6, 6.07) is 19.8. The van der Waals surface area contributed by atoms with Crippen LogP contribution in [0.4, 0.5) is 5.69 Å². The molecule has 1 aliphatic heterocycles. The molecule has 1 fully saturated rings. The maximum absolute atomic E-state index is 11.9. The highest BCUT2D eigenvalue weighted by Gasteiger charge is 2.17. The SMILES string of the molecule is O=C(NO)c1cc(-c2cccc(N3CCOCC3)c2)n(Cc2ccccc2)n1. The van der Waals surface area contributed by atoms with Gasteiger partial charge in [-0.25, -0.2) is 5.48 Å². The fourth-order valence-corrected chi connectivity index (χ4v) is 3.38. The van der Waals surface area contributed by atoms with Gasteiger partial charge >= 0.3 is 0 Å². The van der Waals surface area contributed by atoms with Crippen molar-refractivity contribution in [2.24, 2.45) is 0 Å². The number of nitrogens with one attached hydrogen (secondary N) is 1. The number of hydrogen-bond donors (Lipinski definition) is 2. The first-order valence-corrected chi connectivity index (χ1v) is 9.24. The fraction of sp³-hybridized carbons (Fsp3) is 0.238. The summed E-state index contributed by atoms with van der Waals surface area (Å²) < 4.78 is 7.23. The molecule has 1 amide bonds. The third-order valence-electron chi connectivity index (χ3n) is 4.81. The summed E-state index contributed by atoms with van der Waals surface area (Å²) in [6.45, 7) is 3.67. The van der Waals surface area contributed by atoms with Gasteiger partial charge in [-0.1, -0.05) is 42.5 Å². The van der Waals surface area contributed by atoms with Crippen molar-refractivity contribution in [2.45, 2.75) is 6.54 Å². The quantitative estimate of drug-likeness (QED) is 0.527. The van der Waals surface area contributed by atoms with Gasteiger partial charge in [0.25, 0.3) is 5.91 Å². The van der Waals surface area contributed by atoms with Crippen molar-refractivity contribution in [3.8, 4) is 11.3 Å². The maximum Gasteiger partial charge on any atom is 0.295 e. The van der Waals surface area contributed by atoms with E-state index in [4.69, 9.17) is 9.94 Å². The Morgan fingerprint density at radius 2 is 1.86 bits per heavy atom. The smallest absolute Gasteiger partial charge is 0.295 e. The van der Waals surface area contributed by atoms with E-state index in [1.807, 2.05) is 42.5 Å². The topological polar surface area (TPSA) is 79.6 Å². The van der Waals surface area contributed by atoms with E-state index in [9.17, 15) is 4.79 Å². The molecule has 0 unspecified atom stereocenters. The van der Waals surface area contributed by atoms with Crippen LogP contribution in [-0.2, 0) is 11.3 Å². The second-order valence-corrected chi connectivity index (χ2v) is 6.65. The molecule has 0 bridgehead atoms. The van der Waals surface area contributed by atoms with Crippen LogP contribution in [0.1, 0.15) is 16.1 Å². The number of benzene rings is 2. The van der Waals surface area contributed by atoms with Crippen LogP contribution in [0.5, 0.6) is 0 Å². The van der Waals surface area contributed by atoms with E-state index < -0.39 is 5.91 Å². The number of carbonyl (C=O) groups is 1. The summed E-state index contributed by atoms with van der Waals surface area (Å²) in [5.74, 6) is -0.627. The maximum atomic E-state index is 11.9. The largest absolute Gasteiger partial charge is 0.378 e. The molecule has 2 heterocycles. The van der Waals surface area contributed by atoms with Crippen LogP contribution in [-0.4, -0.2) is 47.2 Å². The second-order valence-electron chi connectivity index (χ2n) is 6.65. The van der Waals surface area contributed by atoms with Gasteiger partial charge in [-0.05, 0) is 23.8 Å². The third-order valence-corrected chi connectivity index (χ3v) is 4.81. The number of amides is 1. The lowest BCUT2D eigenvalue weighted by atomic mass is 10.1. The van der Waals surface area contributed by atoms with Gasteiger partial charge in [0.2, 0.25) is 0 Å². The molecule has 1 aromatic heterocycles. The minimum absolute atomic E-state index is 0.171. The van der Waals surface area contributed by atoms with Crippen LogP contribution in [0.3, 0.4) is 0 Å². The van der Waals surface area contributed by atoms with Gasteiger partial charge in [-0.2, -0.15) is 5.10 Å². The molecule has 0 atom stereocenters. The number of rotatable bonds is 5. The van der Waals surface area contributed by atoms with Crippen LogP contribution in [0.15, 0.2) is 60.7 Å². The van der Waals surface area contributed by atoms with Crippen molar-refractivity contribution in [3.05, 3.63) is 71.9 Å². The monoisotopic (exact) mass is 378 g/mol. The highest BCUT2D eigenvalue weighted by Crippen LogP contribution is 2.27. The van der Waals surface area contributed by atoms with Crippen molar-refractivity contribution in [1.82, 2.24) is 15.3 Å². The van der Waals surface area contributed by atoms with Crippen LogP contribution in [0.2, 0.25) is 0 Å². The van der Waals surface area contributed by atoms with Gasteiger partial charge in [0.1, 0.15) is 0 Å². The number of anilines is 1. The van der Waals surface area contributed by atoms with Crippen LogP contribution >= 0.6 is 0 Å². The summed E-state index contributed by atoms with van der Waals surface area (Å²) in [6.07, 6.45) is 0. The predicted octanol–water partition coefficient (Wildman–Crippen LogP) is 2.55. The number of ether oxygens (including phenoxy) is 1. The molecule has 0 radical (unpaired) electrons. The molecule has 1 aliphatic rings. The fourth-order valence-electron chi connectivity index (χ4n) is 3.38. The number of hydroxylamine groups is 1. The molecule has 2 N–H and O–H groups in total. The Hall–Kier alpha value is -3.16. The molecular weight excluding hydrogens is 356 g/mol. The average molecular weight is 378 g/mol. The van der Waals surface area contributed by atoms with Crippen LogP contribution in [0.25, 0.3) is 11.3 Å². The first-order valence-electron chi connectivity index (χ1n) is 9.24. The van der Waals surface area contributed by atoms with Crippen molar-refractivity contribution in [2.75, 3.05) is 31.2 Å². The van der Waals surface area contributed by atoms with Gasteiger partial charge in [-0.15, -0.1) is 0 Å². The Bertz CT molecular complexity index is 949. The van der Waals surface area contributed by atoms with Gasteiger partial charge in [0.15, 0.2) is 5.69 Å². The van der Waals surface area contributed by atoms with Gasteiger partial charge in [-0.3, -0.25) is 14.7 Å². The van der Waals surface area contributed by atoms with Crippen molar-refractivity contribution in [3.63, 3.8) is 0 Å². The normalized spacial score (nSPS) is 14.1. The molecule has 0 aliphatic carbocycles. The Morgan fingerprint density at radius 3 is 2.61 bits per heavy atom. The Balaban J connectivity index is 1.71.